The fourth-order valence-corrected chi connectivity index (χ4v) is 2.24. The van der Waals surface area contributed by atoms with Crippen molar-refractivity contribution in [1.82, 2.24) is 20.4 Å². The van der Waals surface area contributed by atoms with Gasteiger partial charge in [-0.25, -0.2) is 4.99 Å². The van der Waals surface area contributed by atoms with Crippen LogP contribution >= 0.6 is 24.0 Å². The van der Waals surface area contributed by atoms with Crippen LogP contribution in [0.4, 0.5) is 0 Å². The zero-order valence-corrected chi connectivity index (χ0v) is 16.0. The molecular weight excluding hydrogens is 381 g/mol. The Morgan fingerprint density at radius 1 is 1.33 bits per heavy atom. The van der Waals surface area contributed by atoms with Gasteiger partial charge in [0.05, 0.1) is 0 Å². The Hall–Kier alpha value is -0.570. The highest BCUT2D eigenvalue weighted by atomic mass is 127. The van der Waals surface area contributed by atoms with Gasteiger partial charge in [0.25, 0.3) is 0 Å². The number of likely N-dealkylation sites (tertiary alicyclic amines) is 1. The first-order valence-corrected chi connectivity index (χ1v) is 7.51. The molecule has 1 heterocycles. The van der Waals surface area contributed by atoms with Crippen molar-refractivity contribution in [3.8, 4) is 0 Å². The highest BCUT2D eigenvalue weighted by Crippen LogP contribution is 2.14. The van der Waals surface area contributed by atoms with E-state index in [0.29, 0.717) is 5.92 Å². The normalized spacial score (nSPS) is 19.0. The number of nitrogens with one attached hydrogen (secondary N) is 2. The van der Waals surface area contributed by atoms with Gasteiger partial charge in [0.15, 0.2) is 5.96 Å². The van der Waals surface area contributed by atoms with Crippen LogP contribution < -0.4 is 10.6 Å². The van der Waals surface area contributed by atoms with Gasteiger partial charge in [-0.3, -0.25) is 4.79 Å². The minimum Gasteiger partial charge on any atom is -0.357 e. The lowest BCUT2D eigenvalue weighted by Gasteiger charge is -2.16. The zero-order valence-electron chi connectivity index (χ0n) is 13.7. The van der Waals surface area contributed by atoms with Crippen LogP contribution in [0.1, 0.15) is 20.3 Å². The van der Waals surface area contributed by atoms with E-state index in [0.717, 1.165) is 32.1 Å². The third-order valence-electron chi connectivity index (χ3n) is 3.59. The maximum Gasteiger partial charge on any atom is 0.243 e. The summed E-state index contributed by atoms with van der Waals surface area (Å²) in [6.07, 6.45) is 1.23. The Kier molecular flexibility index (Phi) is 10.8. The molecule has 2 N–H and O–H groups in total. The Labute approximate surface area is 145 Å². The fourth-order valence-electron chi connectivity index (χ4n) is 2.24. The summed E-state index contributed by atoms with van der Waals surface area (Å²) < 4.78 is 0. The predicted molar refractivity (Wildman–Crippen MR) is 98.3 cm³/mol. The van der Waals surface area contributed by atoms with Crippen LogP contribution in [0.3, 0.4) is 0 Å². The van der Waals surface area contributed by atoms with Gasteiger partial charge in [-0.05, 0) is 32.4 Å². The highest BCUT2D eigenvalue weighted by Gasteiger charge is 2.20. The number of aliphatic imine (C=N–C) groups is 1. The molecule has 0 spiro atoms. The molecule has 21 heavy (non-hydrogen) atoms. The van der Waals surface area contributed by atoms with Crippen molar-refractivity contribution in [1.29, 1.82) is 0 Å². The molecular formula is C14H30IN5O. The van der Waals surface area contributed by atoms with Crippen LogP contribution in [0.2, 0.25) is 0 Å². The average molecular weight is 411 g/mol. The Morgan fingerprint density at radius 3 is 2.57 bits per heavy atom. The first kappa shape index (κ1) is 20.4. The SMILES string of the molecule is CCNC(=NCC(=O)N(C)C)NCC1CCN(CC)C1.I. The van der Waals surface area contributed by atoms with Crippen molar-refractivity contribution < 1.29 is 4.79 Å². The first-order valence-electron chi connectivity index (χ1n) is 7.51. The Balaban J connectivity index is 0.00000400. The molecule has 0 saturated carbocycles. The predicted octanol–water partition coefficient (Wildman–Crippen LogP) is 0.590. The fraction of sp³-hybridized carbons (Fsp3) is 0.857. The lowest BCUT2D eigenvalue weighted by Crippen LogP contribution is -2.41. The second kappa shape index (κ2) is 11.1. The van der Waals surface area contributed by atoms with Gasteiger partial charge in [0.2, 0.25) is 5.91 Å². The minimum absolute atomic E-state index is 0. The molecule has 1 amide bonds. The monoisotopic (exact) mass is 411 g/mol. The van der Waals surface area contributed by atoms with E-state index in [1.54, 1.807) is 19.0 Å². The molecule has 124 valence electrons. The number of hydrogen-bond acceptors (Lipinski definition) is 3. The van der Waals surface area contributed by atoms with Gasteiger partial charge in [-0.2, -0.15) is 0 Å². The standard InChI is InChI=1S/C14H29N5O.HI/c1-5-15-14(17-10-13(20)18(3)4)16-9-12-7-8-19(6-2)11-12;/h12H,5-11H2,1-4H3,(H2,15,16,17);1H. The third kappa shape index (κ3) is 7.85. The topological polar surface area (TPSA) is 60.0 Å². The van der Waals surface area contributed by atoms with Crippen molar-refractivity contribution in [3.63, 3.8) is 0 Å². The number of likely N-dealkylation sites (N-methyl/N-ethyl adjacent to an activating group) is 1. The lowest BCUT2D eigenvalue weighted by molar-refractivity contribution is -0.127. The van der Waals surface area contributed by atoms with E-state index in [4.69, 9.17) is 0 Å². The van der Waals surface area contributed by atoms with Crippen LogP contribution in [0.25, 0.3) is 0 Å². The number of hydrogen-bond donors (Lipinski definition) is 2. The molecule has 1 fully saturated rings. The van der Waals surface area contributed by atoms with E-state index in [1.807, 2.05) is 6.92 Å². The van der Waals surface area contributed by atoms with Crippen molar-refractivity contribution in [2.75, 3.05) is 53.4 Å². The average Bonchev–Trinajstić information content (AvgIpc) is 2.89. The molecule has 1 aliphatic rings. The molecule has 1 aliphatic heterocycles. The maximum absolute atomic E-state index is 11.6. The number of carbonyl (C=O) groups excluding carboxylic acids is 1. The second-order valence-corrected chi connectivity index (χ2v) is 5.41. The molecule has 7 heteroatoms. The third-order valence-corrected chi connectivity index (χ3v) is 3.59. The quantitative estimate of drug-likeness (QED) is 0.382. The number of amides is 1. The van der Waals surface area contributed by atoms with Gasteiger partial charge in [-0.1, -0.05) is 6.92 Å². The molecule has 0 aromatic rings. The Morgan fingerprint density at radius 2 is 2.05 bits per heavy atom. The molecule has 1 rings (SSSR count). The van der Waals surface area contributed by atoms with Gasteiger partial charge < -0.3 is 20.4 Å². The summed E-state index contributed by atoms with van der Waals surface area (Å²) in [7, 11) is 3.49. The van der Waals surface area contributed by atoms with Crippen LogP contribution in [0, 0.1) is 5.92 Å². The number of carbonyl (C=O) groups is 1. The molecule has 0 aromatic heterocycles. The second-order valence-electron chi connectivity index (χ2n) is 5.41. The smallest absolute Gasteiger partial charge is 0.243 e. The largest absolute Gasteiger partial charge is 0.357 e. The van der Waals surface area contributed by atoms with Gasteiger partial charge in [-0.15, -0.1) is 24.0 Å². The van der Waals surface area contributed by atoms with Crippen LogP contribution in [-0.2, 0) is 4.79 Å². The molecule has 1 unspecified atom stereocenters. The van der Waals surface area contributed by atoms with E-state index in [1.165, 1.54) is 13.0 Å². The lowest BCUT2D eigenvalue weighted by atomic mass is 10.1. The van der Waals surface area contributed by atoms with E-state index < -0.39 is 0 Å². The molecule has 1 atom stereocenters. The minimum atomic E-state index is 0. The zero-order chi connectivity index (χ0) is 15.0. The van der Waals surface area contributed by atoms with Crippen molar-refractivity contribution in [2.24, 2.45) is 10.9 Å². The molecule has 0 bridgehead atoms. The summed E-state index contributed by atoms with van der Waals surface area (Å²) in [5, 5.41) is 6.52. The molecule has 0 aromatic carbocycles. The summed E-state index contributed by atoms with van der Waals surface area (Å²) >= 11 is 0. The number of rotatable bonds is 6. The molecule has 0 aliphatic carbocycles. The van der Waals surface area contributed by atoms with Crippen molar-refractivity contribution in [2.45, 2.75) is 20.3 Å². The number of guanidine groups is 1. The summed E-state index contributed by atoms with van der Waals surface area (Å²) in [4.78, 5) is 19.9. The van der Waals surface area contributed by atoms with E-state index in [-0.39, 0.29) is 36.4 Å². The molecule has 1 saturated heterocycles. The maximum atomic E-state index is 11.6. The first-order chi connectivity index (χ1) is 9.56. The number of halogens is 1. The highest BCUT2D eigenvalue weighted by molar-refractivity contribution is 14.0. The van der Waals surface area contributed by atoms with Crippen LogP contribution in [0.15, 0.2) is 4.99 Å². The molecule has 0 radical (unpaired) electrons. The van der Waals surface area contributed by atoms with Crippen molar-refractivity contribution in [3.05, 3.63) is 0 Å². The number of nitrogens with zero attached hydrogens (tertiary/aromatic N) is 3. The van der Waals surface area contributed by atoms with Crippen LogP contribution in [-0.4, -0.2) is 75.0 Å². The van der Waals surface area contributed by atoms with E-state index in [2.05, 4.69) is 27.4 Å². The Bertz CT molecular complexity index is 335. The van der Waals surface area contributed by atoms with Crippen molar-refractivity contribution >= 4 is 35.8 Å². The summed E-state index contributed by atoms with van der Waals surface area (Å²) in [5.74, 6) is 1.42. The van der Waals surface area contributed by atoms with Gasteiger partial charge in [0, 0.05) is 33.7 Å². The molecule has 6 nitrogen and oxygen atoms in total. The van der Waals surface area contributed by atoms with Gasteiger partial charge >= 0.3 is 0 Å². The summed E-state index contributed by atoms with van der Waals surface area (Å²) in [5.41, 5.74) is 0. The summed E-state index contributed by atoms with van der Waals surface area (Å²) in [6, 6.07) is 0. The van der Waals surface area contributed by atoms with E-state index >= 15 is 0 Å². The van der Waals surface area contributed by atoms with Gasteiger partial charge in [0.1, 0.15) is 6.54 Å². The van der Waals surface area contributed by atoms with E-state index in [9.17, 15) is 4.79 Å². The summed E-state index contributed by atoms with van der Waals surface area (Å²) in [6.45, 7) is 9.60. The van der Waals surface area contributed by atoms with Crippen LogP contribution in [0.5, 0.6) is 0 Å².